The van der Waals surface area contributed by atoms with Crippen LogP contribution in [0.1, 0.15) is 11.7 Å². The van der Waals surface area contributed by atoms with E-state index in [1.165, 1.54) is 12.1 Å². The summed E-state index contributed by atoms with van der Waals surface area (Å²) < 4.78 is 5.58. The number of nitrogens with zero attached hydrogens (tertiary/aromatic N) is 3. The number of hydrogen-bond acceptors (Lipinski definition) is 6. The van der Waals surface area contributed by atoms with E-state index in [1.54, 1.807) is 12.1 Å². The molecule has 1 heterocycles. The predicted octanol–water partition coefficient (Wildman–Crippen LogP) is 1.14. The number of non-ortho nitro benzene ring substituents is 1. The Morgan fingerprint density at radius 3 is 2.64 bits per heavy atom. The van der Waals surface area contributed by atoms with Crippen LogP contribution in [0.15, 0.2) is 29.3 Å². The van der Waals surface area contributed by atoms with Gasteiger partial charge in [0.05, 0.1) is 4.92 Å². The lowest BCUT2D eigenvalue weighted by atomic mass is 10.0. The molecule has 8 nitrogen and oxygen atoms in total. The number of ether oxygens (including phenoxy) is 1. The molecule has 3 unspecified atom stereocenters. The minimum atomic E-state index is -1.27. The van der Waals surface area contributed by atoms with Crippen LogP contribution in [0.2, 0.25) is 0 Å². The number of carbonyl (C=O) groups excluding carboxylic acids is 1. The number of hydrogen-bond donors (Lipinski definition) is 2. The van der Waals surface area contributed by atoms with Crippen molar-refractivity contribution in [2.24, 2.45) is 10.7 Å². The molecule has 1 amide bonds. The molecular weight excluding hydrogens is 308 g/mol. The third-order valence-corrected chi connectivity index (χ3v) is 3.52. The third kappa shape index (κ3) is 3.01. The van der Waals surface area contributed by atoms with E-state index in [1.807, 2.05) is 0 Å². The summed E-state index contributed by atoms with van der Waals surface area (Å²) in [6.45, 7) is 6.99. The summed E-state index contributed by atoms with van der Waals surface area (Å²) in [6.07, 6.45) is -0.558. The average molecular weight is 320 g/mol. The first-order valence-corrected chi connectivity index (χ1v) is 6.86. The highest BCUT2D eigenvalue weighted by atomic mass is 32.1. The molecule has 0 aliphatic carbocycles. The molecule has 114 valence electrons. The Bertz CT molecular complexity index is 668. The van der Waals surface area contributed by atoms with Gasteiger partial charge in [0.25, 0.3) is 11.6 Å². The summed E-state index contributed by atoms with van der Waals surface area (Å²) in [7, 11) is 0. The topological polar surface area (TPSA) is 112 Å². The van der Waals surface area contributed by atoms with Gasteiger partial charge in [-0.15, -0.1) is 0 Å². The van der Waals surface area contributed by atoms with Crippen LogP contribution >= 0.6 is 12.6 Å². The van der Waals surface area contributed by atoms with Gasteiger partial charge >= 0.3 is 11.9 Å². The quantitative estimate of drug-likeness (QED) is 0.366. The molecule has 0 bridgehead atoms. The van der Waals surface area contributed by atoms with Crippen LogP contribution in [0.4, 0.5) is 5.69 Å². The number of nitro benzene ring substituents is 1. The van der Waals surface area contributed by atoms with Crippen molar-refractivity contribution >= 4 is 30.1 Å². The van der Waals surface area contributed by atoms with Crippen molar-refractivity contribution in [3.63, 3.8) is 0 Å². The van der Waals surface area contributed by atoms with E-state index in [9.17, 15) is 14.9 Å². The molecule has 2 N–H and O–H groups in total. The maximum absolute atomic E-state index is 11.2. The van der Waals surface area contributed by atoms with Crippen molar-refractivity contribution in [2.75, 3.05) is 5.75 Å². The zero-order valence-electron chi connectivity index (χ0n) is 11.2. The second-order valence-corrected chi connectivity index (χ2v) is 4.90. The van der Waals surface area contributed by atoms with E-state index in [0.29, 0.717) is 11.3 Å². The van der Waals surface area contributed by atoms with Gasteiger partial charge in [0.15, 0.2) is 0 Å². The lowest BCUT2D eigenvalue weighted by Crippen LogP contribution is -2.33. The number of benzene rings is 1. The summed E-state index contributed by atoms with van der Waals surface area (Å²) >= 11 is 4.18. The molecule has 0 saturated heterocycles. The van der Waals surface area contributed by atoms with Crippen LogP contribution in [0, 0.1) is 16.7 Å². The summed E-state index contributed by atoms with van der Waals surface area (Å²) in [5.74, 6) is -0.546. The lowest BCUT2D eigenvalue weighted by molar-refractivity contribution is -0.384. The lowest BCUT2D eigenvalue weighted by Gasteiger charge is -2.16. The SMILES string of the molecule is [C-]#[N+]C(C(N)=O)C1=NC(CS)C(c2ccc([N+](=O)[O-])cc2)O1. The van der Waals surface area contributed by atoms with Crippen molar-refractivity contribution in [1.82, 2.24) is 0 Å². The first-order chi connectivity index (χ1) is 10.5. The van der Waals surface area contributed by atoms with Gasteiger partial charge in [0.2, 0.25) is 0 Å². The molecule has 0 saturated carbocycles. The fraction of sp³-hybridized carbons (Fsp3) is 0.308. The molecule has 2 rings (SSSR count). The molecule has 9 heteroatoms. The predicted molar refractivity (Wildman–Crippen MR) is 81.6 cm³/mol. The zero-order chi connectivity index (χ0) is 16.3. The van der Waals surface area contributed by atoms with Gasteiger partial charge in [-0.05, 0) is 17.7 Å². The van der Waals surface area contributed by atoms with Crippen molar-refractivity contribution in [1.29, 1.82) is 0 Å². The van der Waals surface area contributed by atoms with Gasteiger partial charge < -0.3 is 10.5 Å². The van der Waals surface area contributed by atoms with Gasteiger partial charge in [-0.2, -0.15) is 12.6 Å². The number of aliphatic imine (C=N–C) groups is 1. The molecule has 0 fully saturated rings. The van der Waals surface area contributed by atoms with E-state index >= 15 is 0 Å². The minimum absolute atomic E-state index is 0.0371. The van der Waals surface area contributed by atoms with Gasteiger partial charge in [0.1, 0.15) is 12.1 Å². The highest BCUT2D eigenvalue weighted by molar-refractivity contribution is 7.80. The van der Waals surface area contributed by atoms with E-state index in [0.717, 1.165) is 0 Å². The number of primary amides is 1. The van der Waals surface area contributed by atoms with Gasteiger partial charge in [-0.25, -0.2) is 11.6 Å². The average Bonchev–Trinajstić information content (AvgIpc) is 2.91. The van der Waals surface area contributed by atoms with E-state index < -0.39 is 29.0 Å². The highest BCUT2D eigenvalue weighted by Crippen LogP contribution is 2.32. The van der Waals surface area contributed by atoms with Crippen molar-refractivity contribution < 1.29 is 14.5 Å². The van der Waals surface area contributed by atoms with Crippen molar-refractivity contribution in [2.45, 2.75) is 18.2 Å². The maximum atomic E-state index is 11.2. The Labute approximate surface area is 131 Å². The molecule has 1 aromatic carbocycles. The first-order valence-electron chi connectivity index (χ1n) is 6.23. The Hall–Kier alpha value is -2.60. The molecule has 0 aromatic heterocycles. The second-order valence-electron chi connectivity index (χ2n) is 4.54. The minimum Gasteiger partial charge on any atom is -0.464 e. The van der Waals surface area contributed by atoms with E-state index in [2.05, 4.69) is 22.5 Å². The Morgan fingerprint density at radius 2 is 2.18 bits per heavy atom. The number of thiol groups is 1. The molecule has 1 aliphatic heterocycles. The van der Waals surface area contributed by atoms with E-state index in [-0.39, 0.29) is 11.6 Å². The van der Waals surface area contributed by atoms with Crippen molar-refractivity contribution in [3.8, 4) is 0 Å². The summed E-state index contributed by atoms with van der Waals surface area (Å²) in [4.78, 5) is 28.7. The molecular formula is C13H12N4O4S. The van der Waals surface area contributed by atoms with Crippen LogP contribution in [0.25, 0.3) is 4.85 Å². The van der Waals surface area contributed by atoms with Crippen LogP contribution in [0.5, 0.6) is 0 Å². The Kier molecular flexibility index (Phi) is 4.62. The second kappa shape index (κ2) is 6.44. The molecule has 0 spiro atoms. The monoisotopic (exact) mass is 320 g/mol. The van der Waals surface area contributed by atoms with Gasteiger partial charge in [0, 0.05) is 17.9 Å². The summed E-state index contributed by atoms with van der Waals surface area (Å²) in [5.41, 5.74) is 5.75. The Morgan fingerprint density at radius 1 is 1.55 bits per heavy atom. The molecule has 22 heavy (non-hydrogen) atoms. The van der Waals surface area contributed by atoms with Crippen LogP contribution < -0.4 is 5.73 Å². The molecule has 1 aromatic rings. The number of rotatable bonds is 5. The molecule has 1 aliphatic rings. The maximum Gasteiger partial charge on any atom is 0.373 e. The Balaban J connectivity index is 2.25. The molecule has 3 atom stereocenters. The fourth-order valence-corrected chi connectivity index (χ4v) is 2.33. The van der Waals surface area contributed by atoms with Crippen LogP contribution in [-0.4, -0.2) is 34.6 Å². The zero-order valence-corrected chi connectivity index (χ0v) is 12.1. The normalized spacial score (nSPS) is 21.4. The van der Waals surface area contributed by atoms with Gasteiger partial charge in [-0.1, -0.05) is 0 Å². The summed E-state index contributed by atoms with van der Waals surface area (Å²) in [6, 6.07) is 4.14. The van der Waals surface area contributed by atoms with Gasteiger partial charge in [-0.3, -0.25) is 19.8 Å². The number of amides is 1. The first kappa shape index (κ1) is 15.8. The fourth-order valence-electron chi connectivity index (χ4n) is 2.06. The molecule has 0 radical (unpaired) electrons. The number of carbonyl (C=O) groups is 1. The smallest absolute Gasteiger partial charge is 0.373 e. The number of nitrogens with two attached hydrogens (primary N) is 1. The van der Waals surface area contributed by atoms with Crippen LogP contribution in [-0.2, 0) is 9.53 Å². The van der Waals surface area contributed by atoms with Crippen molar-refractivity contribution in [3.05, 3.63) is 51.4 Å². The number of nitro groups is 1. The third-order valence-electron chi connectivity index (χ3n) is 3.14. The summed E-state index contributed by atoms with van der Waals surface area (Å²) in [5, 5.41) is 10.7. The van der Waals surface area contributed by atoms with E-state index in [4.69, 9.17) is 17.0 Å². The largest absolute Gasteiger partial charge is 0.464 e. The highest BCUT2D eigenvalue weighted by Gasteiger charge is 2.40. The standard InChI is InChI=1S/C13H12N4O4S/c1-15-10(12(14)18)13-16-9(6-22)11(21-13)7-2-4-8(5-3-7)17(19)20/h2-5,9-11,22H,6H2,(H2,14,18). The van der Waals surface area contributed by atoms with Crippen LogP contribution in [0.3, 0.4) is 0 Å².